The lowest BCUT2D eigenvalue weighted by Crippen LogP contribution is -2.21. The maximum Gasteiger partial charge on any atom is 0.338 e. The van der Waals surface area contributed by atoms with E-state index in [0.29, 0.717) is 55.1 Å². The predicted molar refractivity (Wildman–Crippen MR) is 105 cm³/mol. The topological polar surface area (TPSA) is 92.3 Å². The Morgan fingerprint density at radius 1 is 0.931 bits per heavy atom. The molecule has 0 saturated carbocycles. The van der Waals surface area contributed by atoms with Crippen molar-refractivity contribution in [2.24, 2.45) is 0 Å². The molecule has 154 valence electrons. The number of ether oxygens (including phenoxy) is 5. The van der Waals surface area contributed by atoms with E-state index in [1.54, 1.807) is 30.3 Å². The lowest BCUT2D eigenvalue weighted by molar-refractivity contribution is -0.119. The Hall–Kier alpha value is -3.42. The van der Waals surface area contributed by atoms with Gasteiger partial charge in [0.25, 0.3) is 5.91 Å². The van der Waals surface area contributed by atoms with E-state index in [-0.39, 0.29) is 5.56 Å². The highest BCUT2D eigenvalue weighted by Crippen LogP contribution is 2.31. The Kier molecular flexibility index (Phi) is 6.78. The van der Waals surface area contributed by atoms with Crippen molar-refractivity contribution in [3.8, 4) is 23.0 Å². The zero-order valence-electron chi connectivity index (χ0n) is 16.4. The minimum absolute atomic E-state index is 0.279. The molecule has 8 nitrogen and oxygen atoms in total. The number of carbonyl (C=O) groups excluding carboxylic acids is 2. The fraction of sp³-hybridized carbons (Fsp3) is 0.333. The summed E-state index contributed by atoms with van der Waals surface area (Å²) in [6.07, 6.45) is 0. The van der Waals surface area contributed by atoms with Crippen molar-refractivity contribution in [2.75, 3.05) is 38.4 Å². The van der Waals surface area contributed by atoms with Crippen molar-refractivity contribution >= 4 is 17.6 Å². The Morgan fingerprint density at radius 2 is 1.66 bits per heavy atom. The third-order valence-electron chi connectivity index (χ3n) is 3.94. The maximum absolute atomic E-state index is 12.2. The quantitative estimate of drug-likeness (QED) is 0.680. The van der Waals surface area contributed by atoms with Crippen molar-refractivity contribution in [1.29, 1.82) is 0 Å². The van der Waals surface area contributed by atoms with Gasteiger partial charge in [-0.3, -0.25) is 4.79 Å². The lowest BCUT2D eigenvalue weighted by Gasteiger charge is -2.18. The van der Waals surface area contributed by atoms with Crippen molar-refractivity contribution in [1.82, 2.24) is 0 Å². The second-order valence-electron chi connectivity index (χ2n) is 6.01. The van der Waals surface area contributed by atoms with E-state index in [2.05, 4.69) is 5.32 Å². The molecule has 0 unspecified atom stereocenters. The van der Waals surface area contributed by atoms with E-state index in [4.69, 9.17) is 23.7 Å². The molecular weight excluding hydrogens is 378 g/mol. The van der Waals surface area contributed by atoms with Gasteiger partial charge < -0.3 is 29.0 Å². The first-order valence-electron chi connectivity index (χ1n) is 9.37. The molecule has 0 aromatic heterocycles. The number of hydrogen-bond acceptors (Lipinski definition) is 7. The van der Waals surface area contributed by atoms with E-state index < -0.39 is 18.5 Å². The number of amides is 1. The minimum atomic E-state index is -0.626. The number of rotatable bonds is 8. The average molecular weight is 401 g/mol. The number of benzene rings is 2. The van der Waals surface area contributed by atoms with Crippen LogP contribution in [0.25, 0.3) is 0 Å². The average Bonchev–Trinajstić information content (AvgIpc) is 2.74. The maximum atomic E-state index is 12.2. The van der Waals surface area contributed by atoms with Crippen LogP contribution in [0.15, 0.2) is 36.4 Å². The molecule has 1 aliphatic rings. The zero-order chi connectivity index (χ0) is 20.6. The minimum Gasteiger partial charge on any atom is -0.490 e. The molecule has 0 fully saturated rings. The van der Waals surface area contributed by atoms with E-state index in [1.165, 1.54) is 6.07 Å². The Bertz CT molecular complexity index is 881. The third-order valence-corrected chi connectivity index (χ3v) is 3.94. The van der Waals surface area contributed by atoms with Crippen molar-refractivity contribution in [3.63, 3.8) is 0 Å². The van der Waals surface area contributed by atoms with E-state index >= 15 is 0 Å². The number of esters is 1. The van der Waals surface area contributed by atoms with E-state index in [1.807, 2.05) is 13.8 Å². The summed E-state index contributed by atoms with van der Waals surface area (Å²) < 4.78 is 27.0. The van der Waals surface area contributed by atoms with Crippen LogP contribution in [0, 0.1) is 0 Å². The Labute approximate surface area is 168 Å². The van der Waals surface area contributed by atoms with Gasteiger partial charge in [0, 0.05) is 11.8 Å². The molecule has 2 aromatic carbocycles. The molecule has 29 heavy (non-hydrogen) atoms. The molecule has 1 N–H and O–H groups in total. The highest BCUT2D eigenvalue weighted by atomic mass is 16.6. The first-order valence-corrected chi connectivity index (χ1v) is 9.37. The Morgan fingerprint density at radius 3 is 2.41 bits per heavy atom. The lowest BCUT2D eigenvalue weighted by atomic mass is 10.2. The van der Waals surface area contributed by atoms with Crippen LogP contribution >= 0.6 is 0 Å². The molecule has 0 atom stereocenters. The van der Waals surface area contributed by atoms with Crippen molar-refractivity contribution < 1.29 is 33.3 Å². The van der Waals surface area contributed by atoms with Crippen LogP contribution in [-0.2, 0) is 9.53 Å². The first kappa shape index (κ1) is 20.3. The normalized spacial score (nSPS) is 12.1. The van der Waals surface area contributed by atoms with Gasteiger partial charge in [0.1, 0.15) is 13.2 Å². The van der Waals surface area contributed by atoms with Crippen LogP contribution in [0.2, 0.25) is 0 Å². The van der Waals surface area contributed by atoms with Gasteiger partial charge >= 0.3 is 5.97 Å². The molecule has 0 aliphatic carbocycles. The molecule has 0 radical (unpaired) electrons. The third kappa shape index (κ3) is 5.31. The highest BCUT2D eigenvalue weighted by Gasteiger charge is 2.17. The molecule has 0 bridgehead atoms. The van der Waals surface area contributed by atoms with Crippen molar-refractivity contribution in [2.45, 2.75) is 13.8 Å². The van der Waals surface area contributed by atoms with Gasteiger partial charge in [-0.15, -0.1) is 0 Å². The van der Waals surface area contributed by atoms with Crippen LogP contribution in [0.1, 0.15) is 24.2 Å². The number of carbonyl (C=O) groups is 2. The molecule has 1 heterocycles. The largest absolute Gasteiger partial charge is 0.490 e. The van der Waals surface area contributed by atoms with Crippen molar-refractivity contribution in [3.05, 3.63) is 42.0 Å². The molecule has 8 heteroatoms. The number of hydrogen-bond donors (Lipinski definition) is 1. The van der Waals surface area contributed by atoms with Gasteiger partial charge in [-0.25, -0.2) is 4.79 Å². The van der Waals surface area contributed by atoms with Crippen LogP contribution in [0.4, 0.5) is 5.69 Å². The SMILES string of the molecule is CCOc1ccc(NC(=O)COC(=O)c2ccc3c(c2)OCCO3)cc1OCC. The molecule has 1 aliphatic heterocycles. The molecular formula is C21H23NO7. The molecule has 0 saturated heterocycles. The standard InChI is InChI=1S/C21H23NO7/c1-3-25-16-8-6-15(12-19(16)26-4-2)22-20(23)13-29-21(24)14-5-7-17-18(11-14)28-10-9-27-17/h5-8,11-12H,3-4,9-10,13H2,1-2H3,(H,22,23). The Balaban J connectivity index is 1.57. The van der Waals surface area contributed by atoms with Gasteiger partial charge in [-0.2, -0.15) is 0 Å². The van der Waals surface area contributed by atoms with Crippen LogP contribution in [-0.4, -0.2) is 44.9 Å². The number of fused-ring (bicyclic) bond motifs is 1. The number of anilines is 1. The second kappa shape index (κ2) is 9.68. The molecule has 2 aromatic rings. The molecule has 0 spiro atoms. The first-order chi connectivity index (χ1) is 14.1. The van der Waals surface area contributed by atoms with Gasteiger partial charge in [-0.1, -0.05) is 0 Å². The summed E-state index contributed by atoms with van der Waals surface area (Å²) in [6.45, 7) is 5.16. The fourth-order valence-corrected chi connectivity index (χ4v) is 2.71. The summed E-state index contributed by atoms with van der Waals surface area (Å²) in [4.78, 5) is 24.4. The summed E-state index contributed by atoms with van der Waals surface area (Å²) in [5.74, 6) is 1.08. The summed E-state index contributed by atoms with van der Waals surface area (Å²) in [7, 11) is 0. The molecule has 3 rings (SSSR count). The monoisotopic (exact) mass is 401 g/mol. The van der Waals surface area contributed by atoms with E-state index in [9.17, 15) is 9.59 Å². The summed E-state index contributed by atoms with van der Waals surface area (Å²) in [5, 5.41) is 2.67. The van der Waals surface area contributed by atoms with Crippen LogP contribution < -0.4 is 24.3 Å². The van der Waals surface area contributed by atoms with Gasteiger partial charge in [0.2, 0.25) is 0 Å². The van der Waals surface area contributed by atoms with Crippen LogP contribution in [0.5, 0.6) is 23.0 Å². The smallest absolute Gasteiger partial charge is 0.338 e. The fourth-order valence-electron chi connectivity index (χ4n) is 2.71. The van der Waals surface area contributed by atoms with Gasteiger partial charge in [0.05, 0.1) is 18.8 Å². The van der Waals surface area contributed by atoms with Gasteiger partial charge in [-0.05, 0) is 44.2 Å². The second-order valence-corrected chi connectivity index (χ2v) is 6.01. The summed E-state index contributed by atoms with van der Waals surface area (Å²) >= 11 is 0. The summed E-state index contributed by atoms with van der Waals surface area (Å²) in [6, 6.07) is 9.80. The van der Waals surface area contributed by atoms with Gasteiger partial charge in [0.15, 0.2) is 29.6 Å². The molecule has 1 amide bonds. The van der Waals surface area contributed by atoms with Crippen LogP contribution in [0.3, 0.4) is 0 Å². The summed E-state index contributed by atoms with van der Waals surface area (Å²) in [5.41, 5.74) is 0.791. The predicted octanol–water partition coefficient (Wildman–Crippen LogP) is 3.05. The van der Waals surface area contributed by atoms with E-state index in [0.717, 1.165) is 0 Å². The number of nitrogens with one attached hydrogen (secondary N) is 1. The zero-order valence-corrected chi connectivity index (χ0v) is 16.4. The highest BCUT2D eigenvalue weighted by molar-refractivity contribution is 5.96.